The van der Waals surface area contributed by atoms with Gasteiger partial charge in [0.25, 0.3) is 0 Å². The Hall–Kier alpha value is -1.98. The van der Waals surface area contributed by atoms with E-state index in [2.05, 4.69) is 10.3 Å². The molecule has 1 aromatic heterocycles. The van der Waals surface area contributed by atoms with Crippen LogP contribution in [0.3, 0.4) is 0 Å². The number of benzene rings is 1. The molecule has 2 heterocycles. The lowest BCUT2D eigenvalue weighted by Crippen LogP contribution is -2.44. The average Bonchev–Trinajstić information content (AvgIpc) is 2.55. The molecule has 0 aliphatic carbocycles. The van der Waals surface area contributed by atoms with Crippen LogP contribution in [0.5, 0.6) is 0 Å². The van der Waals surface area contributed by atoms with E-state index in [1.54, 1.807) is 4.90 Å². The van der Waals surface area contributed by atoms with Crippen LogP contribution >= 0.6 is 0 Å². The van der Waals surface area contributed by atoms with Crippen molar-refractivity contribution in [2.45, 2.75) is 19.0 Å². The molecule has 116 valence electrons. The number of morpholine rings is 1. The Bertz CT molecular complexity index is 653. The molecular weight excluding hydrogens is 278 g/mol. The minimum atomic E-state index is 0.109. The van der Waals surface area contributed by atoms with Crippen LogP contribution in [0, 0.1) is 0 Å². The normalized spacial score (nSPS) is 18.3. The molecule has 0 radical (unpaired) electrons. The summed E-state index contributed by atoms with van der Waals surface area (Å²) in [6.45, 7) is 2.67. The molecule has 3 rings (SSSR count). The van der Waals surface area contributed by atoms with Gasteiger partial charge in [0.05, 0.1) is 31.0 Å². The van der Waals surface area contributed by atoms with Gasteiger partial charge < -0.3 is 15.0 Å². The number of carbonyl (C=O) groups excluding carboxylic acids is 1. The molecule has 1 atom stereocenters. The Labute approximate surface area is 130 Å². The van der Waals surface area contributed by atoms with Crippen LogP contribution in [-0.2, 0) is 16.1 Å². The maximum atomic E-state index is 12.3. The summed E-state index contributed by atoms with van der Waals surface area (Å²) in [6.07, 6.45) is 0.462. The van der Waals surface area contributed by atoms with Crippen molar-refractivity contribution in [1.29, 1.82) is 0 Å². The molecule has 1 unspecified atom stereocenters. The predicted molar refractivity (Wildman–Crippen MR) is 85.4 cm³/mol. The molecule has 1 aromatic carbocycles. The maximum Gasteiger partial charge on any atom is 0.224 e. The number of nitrogens with one attached hydrogen (secondary N) is 1. The van der Waals surface area contributed by atoms with E-state index in [1.165, 1.54) is 0 Å². The molecule has 0 saturated carbocycles. The van der Waals surface area contributed by atoms with E-state index in [0.29, 0.717) is 19.6 Å². The van der Waals surface area contributed by atoms with E-state index in [-0.39, 0.29) is 11.9 Å². The topological polar surface area (TPSA) is 54.5 Å². The molecular formula is C17H21N3O2. The summed E-state index contributed by atoms with van der Waals surface area (Å²) in [5.74, 6) is 0.109. The van der Waals surface area contributed by atoms with Gasteiger partial charge in [-0.05, 0) is 12.1 Å². The summed E-state index contributed by atoms with van der Waals surface area (Å²) in [4.78, 5) is 18.6. The smallest absolute Gasteiger partial charge is 0.224 e. The Kier molecular flexibility index (Phi) is 4.65. The van der Waals surface area contributed by atoms with Gasteiger partial charge in [-0.1, -0.05) is 24.3 Å². The zero-order valence-electron chi connectivity index (χ0n) is 12.8. The number of carbonyl (C=O) groups is 1. The third kappa shape index (κ3) is 3.61. The number of amides is 1. The fourth-order valence-electron chi connectivity index (χ4n) is 2.64. The zero-order valence-corrected chi connectivity index (χ0v) is 12.8. The number of hydrogen-bond acceptors (Lipinski definition) is 4. The van der Waals surface area contributed by atoms with Crippen molar-refractivity contribution in [2.75, 3.05) is 26.8 Å². The molecule has 1 aliphatic heterocycles. The van der Waals surface area contributed by atoms with Gasteiger partial charge in [-0.2, -0.15) is 0 Å². The number of para-hydroxylation sites is 1. The van der Waals surface area contributed by atoms with Gasteiger partial charge in [0.15, 0.2) is 0 Å². The standard InChI is InChI=1S/C17H21N3O2/c1-20(17(21)10-15-12-22-9-8-18-15)11-14-7-6-13-4-2-3-5-16(13)19-14/h2-7,15,18H,8-12H2,1H3. The van der Waals surface area contributed by atoms with Crippen LogP contribution in [0.1, 0.15) is 12.1 Å². The molecule has 1 aliphatic rings. The number of aromatic nitrogens is 1. The molecule has 22 heavy (non-hydrogen) atoms. The Balaban J connectivity index is 1.61. The van der Waals surface area contributed by atoms with E-state index in [4.69, 9.17) is 4.74 Å². The number of pyridine rings is 1. The van der Waals surface area contributed by atoms with Crippen molar-refractivity contribution in [3.05, 3.63) is 42.1 Å². The van der Waals surface area contributed by atoms with Crippen LogP contribution in [0.25, 0.3) is 10.9 Å². The highest BCUT2D eigenvalue weighted by Gasteiger charge is 2.19. The van der Waals surface area contributed by atoms with Crippen molar-refractivity contribution in [1.82, 2.24) is 15.2 Å². The van der Waals surface area contributed by atoms with Gasteiger partial charge in [-0.3, -0.25) is 9.78 Å². The van der Waals surface area contributed by atoms with Crippen LogP contribution in [0.2, 0.25) is 0 Å². The largest absolute Gasteiger partial charge is 0.378 e. The van der Waals surface area contributed by atoms with Crippen molar-refractivity contribution in [3.63, 3.8) is 0 Å². The Morgan fingerprint density at radius 3 is 3.05 bits per heavy atom. The third-order valence-corrected chi connectivity index (χ3v) is 3.90. The van der Waals surface area contributed by atoms with Crippen molar-refractivity contribution < 1.29 is 9.53 Å². The van der Waals surface area contributed by atoms with Gasteiger partial charge in [0.2, 0.25) is 5.91 Å². The van der Waals surface area contributed by atoms with E-state index in [1.807, 2.05) is 43.4 Å². The number of ether oxygens (including phenoxy) is 1. The first kappa shape index (κ1) is 14.9. The predicted octanol–water partition coefficient (Wildman–Crippen LogP) is 1.57. The molecule has 0 spiro atoms. The van der Waals surface area contributed by atoms with Crippen molar-refractivity contribution in [3.8, 4) is 0 Å². The van der Waals surface area contributed by atoms with Gasteiger partial charge >= 0.3 is 0 Å². The highest BCUT2D eigenvalue weighted by atomic mass is 16.5. The molecule has 2 aromatic rings. The molecule has 0 bridgehead atoms. The van der Waals surface area contributed by atoms with Crippen LogP contribution < -0.4 is 5.32 Å². The van der Waals surface area contributed by atoms with Gasteiger partial charge in [-0.15, -0.1) is 0 Å². The second-order valence-electron chi connectivity index (χ2n) is 5.68. The second-order valence-corrected chi connectivity index (χ2v) is 5.68. The minimum Gasteiger partial charge on any atom is -0.378 e. The zero-order chi connectivity index (χ0) is 15.4. The lowest BCUT2D eigenvalue weighted by atomic mass is 10.1. The molecule has 1 amide bonds. The van der Waals surface area contributed by atoms with Crippen molar-refractivity contribution in [2.24, 2.45) is 0 Å². The van der Waals surface area contributed by atoms with Crippen LogP contribution in [0.15, 0.2) is 36.4 Å². The first-order chi connectivity index (χ1) is 10.7. The van der Waals surface area contributed by atoms with E-state index >= 15 is 0 Å². The summed E-state index contributed by atoms with van der Waals surface area (Å²) >= 11 is 0. The summed E-state index contributed by atoms with van der Waals surface area (Å²) in [6, 6.07) is 12.1. The highest BCUT2D eigenvalue weighted by Crippen LogP contribution is 2.13. The number of rotatable bonds is 4. The summed E-state index contributed by atoms with van der Waals surface area (Å²) < 4.78 is 5.38. The average molecular weight is 299 g/mol. The summed E-state index contributed by atoms with van der Waals surface area (Å²) in [7, 11) is 1.82. The fourth-order valence-corrected chi connectivity index (χ4v) is 2.64. The van der Waals surface area contributed by atoms with Crippen LogP contribution in [-0.4, -0.2) is 48.6 Å². The highest BCUT2D eigenvalue weighted by molar-refractivity contribution is 5.79. The maximum absolute atomic E-state index is 12.3. The fraction of sp³-hybridized carbons (Fsp3) is 0.412. The SMILES string of the molecule is CN(Cc1ccc2ccccc2n1)C(=O)CC1COCCN1. The molecule has 5 heteroatoms. The molecule has 1 N–H and O–H groups in total. The van der Waals surface area contributed by atoms with Gasteiger partial charge in [0.1, 0.15) is 0 Å². The molecule has 1 saturated heterocycles. The third-order valence-electron chi connectivity index (χ3n) is 3.90. The monoisotopic (exact) mass is 299 g/mol. The first-order valence-electron chi connectivity index (χ1n) is 7.62. The molecule has 5 nitrogen and oxygen atoms in total. The lowest BCUT2D eigenvalue weighted by Gasteiger charge is -2.25. The summed E-state index contributed by atoms with van der Waals surface area (Å²) in [5, 5.41) is 4.42. The number of nitrogens with zero attached hydrogens (tertiary/aromatic N) is 2. The van der Waals surface area contributed by atoms with Gasteiger partial charge in [-0.25, -0.2) is 0 Å². The summed E-state index contributed by atoms with van der Waals surface area (Å²) in [5.41, 5.74) is 1.87. The number of fused-ring (bicyclic) bond motifs is 1. The molecule has 1 fully saturated rings. The van der Waals surface area contributed by atoms with E-state index in [9.17, 15) is 4.79 Å². The first-order valence-corrected chi connectivity index (χ1v) is 7.62. The van der Waals surface area contributed by atoms with Crippen LogP contribution in [0.4, 0.5) is 0 Å². The minimum absolute atomic E-state index is 0.109. The number of hydrogen-bond donors (Lipinski definition) is 1. The van der Waals surface area contributed by atoms with Gasteiger partial charge in [0, 0.05) is 31.4 Å². The Morgan fingerprint density at radius 2 is 2.23 bits per heavy atom. The second kappa shape index (κ2) is 6.85. The Morgan fingerprint density at radius 1 is 1.36 bits per heavy atom. The van der Waals surface area contributed by atoms with E-state index in [0.717, 1.165) is 29.7 Å². The lowest BCUT2D eigenvalue weighted by molar-refractivity contribution is -0.131. The van der Waals surface area contributed by atoms with E-state index < -0.39 is 0 Å². The quantitative estimate of drug-likeness (QED) is 0.931. The van der Waals surface area contributed by atoms with Crippen molar-refractivity contribution >= 4 is 16.8 Å².